The molecule has 2 atom stereocenters. The van der Waals surface area contributed by atoms with Gasteiger partial charge in [0.15, 0.2) is 0 Å². The van der Waals surface area contributed by atoms with Gasteiger partial charge in [0, 0.05) is 53.2 Å². The predicted octanol–water partition coefficient (Wildman–Crippen LogP) is 2.43. The molecule has 22 heavy (non-hydrogen) atoms. The summed E-state index contributed by atoms with van der Waals surface area (Å²) in [5.74, 6) is 0. The molecule has 3 aromatic heterocycles. The fourth-order valence-electron chi connectivity index (χ4n) is 2.59. The highest BCUT2D eigenvalue weighted by Crippen LogP contribution is 2.28. The molecular formula is C17H19N5. The van der Waals surface area contributed by atoms with Crippen LogP contribution in [0.4, 0.5) is 0 Å². The lowest BCUT2D eigenvalue weighted by atomic mass is 10.00. The molecule has 0 radical (unpaired) electrons. The third-order valence-electron chi connectivity index (χ3n) is 3.61. The molecule has 0 aliphatic carbocycles. The molecule has 0 amide bonds. The van der Waals surface area contributed by atoms with Crippen LogP contribution in [-0.4, -0.2) is 21.0 Å². The minimum Gasteiger partial charge on any atom is -0.328 e. The third kappa shape index (κ3) is 2.95. The minimum absolute atomic E-state index is 0.0262. The lowest BCUT2D eigenvalue weighted by molar-refractivity contribution is 0.561. The first kappa shape index (κ1) is 14.6. The van der Waals surface area contributed by atoms with E-state index in [1.54, 1.807) is 18.6 Å². The predicted molar refractivity (Wildman–Crippen MR) is 88.0 cm³/mol. The molecular weight excluding hydrogens is 274 g/mol. The van der Waals surface area contributed by atoms with Crippen molar-refractivity contribution in [2.75, 3.05) is 0 Å². The minimum atomic E-state index is -0.202. The molecule has 0 aliphatic rings. The maximum Gasteiger partial charge on any atom is 0.0714 e. The lowest BCUT2D eigenvalue weighted by Crippen LogP contribution is -2.24. The number of fused-ring (bicyclic) bond motifs is 1. The summed E-state index contributed by atoms with van der Waals surface area (Å²) in [5, 5.41) is 2.06. The molecule has 4 N–H and O–H groups in total. The smallest absolute Gasteiger partial charge is 0.0714 e. The van der Waals surface area contributed by atoms with Crippen LogP contribution in [0.3, 0.4) is 0 Å². The molecule has 5 nitrogen and oxygen atoms in total. The average Bonchev–Trinajstić information content (AvgIpc) is 2.54. The Morgan fingerprint density at radius 3 is 2.50 bits per heavy atom. The van der Waals surface area contributed by atoms with E-state index in [2.05, 4.69) is 9.97 Å². The lowest BCUT2D eigenvalue weighted by Gasteiger charge is -2.17. The number of nitrogens with zero attached hydrogens (tertiary/aromatic N) is 3. The van der Waals surface area contributed by atoms with Crippen molar-refractivity contribution < 1.29 is 0 Å². The Hall–Kier alpha value is -2.37. The fourth-order valence-corrected chi connectivity index (χ4v) is 2.59. The van der Waals surface area contributed by atoms with Crippen LogP contribution in [0.15, 0.2) is 49.1 Å². The second kappa shape index (κ2) is 6.17. The van der Waals surface area contributed by atoms with E-state index in [9.17, 15) is 0 Å². The molecule has 0 fully saturated rings. The number of pyridine rings is 3. The normalized spacial score (nSPS) is 14.0. The molecule has 0 saturated heterocycles. The van der Waals surface area contributed by atoms with Gasteiger partial charge in [-0.25, -0.2) is 0 Å². The van der Waals surface area contributed by atoms with Crippen molar-refractivity contribution in [3.05, 3.63) is 54.7 Å². The second-order valence-corrected chi connectivity index (χ2v) is 5.54. The van der Waals surface area contributed by atoms with Gasteiger partial charge in [0.25, 0.3) is 0 Å². The van der Waals surface area contributed by atoms with Crippen LogP contribution in [0.5, 0.6) is 0 Å². The summed E-state index contributed by atoms with van der Waals surface area (Å²) < 4.78 is 0. The SMILES string of the molecule is CC(N)CC(N)c1nc(-c2ccncc2)cc2cnccc12. The summed E-state index contributed by atoms with van der Waals surface area (Å²) in [6, 6.07) is 7.68. The average molecular weight is 293 g/mol. The van der Waals surface area contributed by atoms with Gasteiger partial charge >= 0.3 is 0 Å². The summed E-state index contributed by atoms with van der Waals surface area (Å²) >= 11 is 0. The number of nitrogens with two attached hydrogens (primary N) is 2. The van der Waals surface area contributed by atoms with Gasteiger partial charge in [-0.1, -0.05) is 0 Å². The molecule has 0 bridgehead atoms. The Kier molecular flexibility index (Phi) is 4.09. The van der Waals surface area contributed by atoms with Gasteiger partial charge in [0.1, 0.15) is 0 Å². The van der Waals surface area contributed by atoms with Crippen LogP contribution < -0.4 is 11.5 Å². The monoisotopic (exact) mass is 293 g/mol. The van der Waals surface area contributed by atoms with E-state index in [1.807, 2.05) is 37.4 Å². The van der Waals surface area contributed by atoms with E-state index in [4.69, 9.17) is 16.5 Å². The Balaban J connectivity index is 2.16. The van der Waals surface area contributed by atoms with E-state index >= 15 is 0 Å². The quantitative estimate of drug-likeness (QED) is 0.771. The Morgan fingerprint density at radius 2 is 1.77 bits per heavy atom. The van der Waals surface area contributed by atoms with Gasteiger partial charge in [-0.15, -0.1) is 0 Å². The van der Waals surface area contributed by atoms with Gasteiger partial charge in [0.2, 0.25) is 0 Å². The van der Waals surface area contributed by atoms with E-state index in [0.29, 0.717) is 6.42 Å². The van der Waals surface area contributed by atoms with Gasteiger partial charge in [-0.05, 0) is 37.6 Å². The summed E-state index contributed by atoms with van der Waals surface area (Å²) in [6.45, 7) is 1.95. The van der Waals surface area contributed by atoms with Crippen LogP contribution in [0.2, 0.25) is 0 Å². The van der Waals surface area contributed by atoms with Crippen molar-refractivity contribution in [1.82, 2.24) is 15.0 Å². The van der Waals surface area contributed by atoms with Gasteiger partial charge in [-0.2, -0.15) is 0 Å². The van der Waals surface area contributed by atoms with Crippen LogP contribution >= 0.6 is 0 Å². The zero-order chi connectivity index (χ0) is 15.5. The summed E-state index contributed by atoms with van der Waals surface area (Å²) in [7, 11) is 0. The first-order valence-corrected chi connectivity index (χ1v) is 7.31. The summed E-state index contributed by atoms with van der Waals surface area (Å²) in [6.07, 6.45) is 7.80. The van der Waals surface area contributed by atoms with E-state index in [-0.39, 0.29) is 12.1 Å². The first-order chi connectivity index (χ1) is 10.6. The fraction of sp³-hybridized carbons (Fsp3) is 0.235. The number of hydrogen-bond acceptors (Lipinski definition) is 5. The molecule has 112 valence electrons. The van der Waals surface area contributed by atoms with Crippen molar-refractivity contribution in [3.8, 4) is 11.3 Å². The van der Waals surface area contributed by atoms with E-state index in [1.165, 1.54) is 0 Å². The molecule has 0 aliphatic heterocycles. The molecule has 3 heterocycles. The number of aromatic nitrogens is 3. The summed E-state index contributed by atoms with van der Waals surface area (Å²) in [5.41, 5.74) is 15.0. The van der Waals surface area contributed by atoms with Crippen molar-refractivity contribution >= 4 is 10.8 Å². The zero-order valence-electron chi connectivity index (χ0n) is 12.5. The zero-order valence-corrected chi connectivity index (χ0v) is 12.5. The largest absolute Gasteiger partial charge is 0.328 e. The third-order valence-corrected chi connectivity index (χ3v) is 3.61. The summed E-state index contributed by atoms with van der Waals surface area (Å²) in [4.78, 5) is 13.0. The highest BCUT2D eigenvalue weighted by atomic mass is 14.8. The second-order valence-electron chi connectivity index (χ2n) is 5.54. The van der Waals surface area contributed by atoms with E-state index < -0.39 is 0 Å². The van der Waals surface area contributed by atoms with E-state index in [0.717, 1.165) is 27.7 Å². The van der Waals surface area contributed by atoms with Gasteiger partial charge in [0.05, 0.1) is 11.4 Å². The molecule has 0 aromatic carbocycles. The molecule has 3 rings (SSSR count). The maximum absolute atomic E-state index is 6.33. The maximum atomic E-state index is 6.33. The molecule has 5 heteroatoms. The topological polar surface area (TPSA) is 90.7 Å². The number of hydrogen-bond donors (Lipinski definition) is 2. The number of rotatable bonds is 4. The van der Waals surface area contributed by atoms with Crippen molar-refractivity contribution in [2.45, 2.75) is 25.4 Å². The van der Waals surface area contributed by atoms with Crippen molar-refractivity contribution in [3.63, 3.8) is 0 Å². The van der Waals surface area contributed by atoms with Gasteiger partial charge < -0.3 is 11.5 Å². The molecule has 0 saturated carbocycles. The van der Waals surface area contributed by atoms with Crippen molar-refractivity contribution in [1.29, 1.82) is 0 Å². The van der Waals surface area contributed by atoms with Gasteiger partial charge in [-0.3, -0.25) is 15.0 Å². The Bertz CT molecular complexity index is 770. The highest BCUT2D eigenvalue weighted by Gasteiger charge is 2.15. The Labute approximate surface area is 129 Å². The molecule has 0 spiro atoms. The van der Waals surface area contributed by atoms with Crippen LogP contribution in [0.1, 0.15) is 25.1 Å². The molecule has 2 unspecified atom stereocenters. The highest BCUT2D eigenvalue weighted by molar-refractivity contribution is 5.87. The van der Waals surface area contributed by atoms with Crippen LogP contribution in [0.25, 0.3) is 22.0 Å². The first-order valence-electron chi connectivity index (χ1n) is 7.31. The Morgan fingerprint density at radius 1 is 1.05 bits per heavy atom. The van der Waals surface area contributed by atoms with Crippen LogP contribution in [-0.2, 0) is 0 Å². The van der Waals surface area contributed by atoms with Crippen molar-refractivity contribution in [2.24, 2.45) is 11.5 Å². The molecule has 3 aromatic rings. The van der Waals surface area contributed by atoms with Crippen LogP contribution in [0, 0.1) is 0 Å². The standard InChI is InChI=1S/C17H19N5/c1-11(18)8-15(19)17-14-4-7-21-10-13(14)9-16(22-17)12-2-5-20-6-3-12/h2-7,9-11,15H,8,18-19H2,1H3.